The summed E-state index contributed by atoms with van der Waals surface area (Å²) >= 11 is 6.09. The maximum Gasteiger partial charge on any atom is 0.266 e. The molecule has 0 aromatic heterocycles. The van der Waals surface area contributed by atoms with Crippen LogP contribution in [0.1, 0.15) is 16.7 Å². The van der Waals surface area contributed by atoms with Crippen molar-refractivity contribution in [2.24, 2.45) is 0 Å². The first-order chi connectivity index (χ1) is 15.9. The quantitative estimate of drug-likeness (QED) is 0.359. The van der Waals surface area contributed by atoms with E-state index in [-0.39, 0.29) is 18.1 Å². The Labute approximate surface area is 197 Å². The van der Waals surface area contributed by atoms with Crippen molar-refractivity contribution in [2.75, 3.05) is 17.2 Å². The van der Waals surface area contributed by atoms with E-state index in [0.717, 1.165) is 11.1 Å². The van der Waals surface area contributed by atoms with Crippen molar-refractivity contribution in [3.63, 3.8) is 0 Å². The molecule has 0 aliphatic carbocycles. The number of hydrogen-bond donors (Lipinski definition) is 2. The summed E-state index contributed by atoms with van der Waals surface area (Å²) in [5.74, 6) is -0.540. The topological polar surface area (TPSA) is 91.2 Å². The van der Waals surface area contributed by atoms with Gasteiger partial charge in [-0.15, -0.1) is 0 Å². The van der Waals surface area contributed by atoms with Crippen LogP contribution in [-0.2, 0) is 9.59 Å². The highest BCUT2D eigenvalue weighted by atomic mass is 35.5. The molecule has 0 aliphatic rings. The maximum atomic E-state index is 12.5. The van der Waals surface area contributed by atoms with Crippen LogP contribution in [0.4, 0.5) is 11.4 Å². The summed E-state index contributed by atoms with van der Waals surface area (Å²) in [5, 5.41) is 15.5. The first-order valence-corrected chi connectivity index (χ1v) is 10.5. The predicted molar refractivity (Wildman–Crippen MR) is 130 cm³/mol. The highest BCUT2D eigenvalue weighted by Crippen LogP contribution is 2.23. The minimum atomic E-state index is -0.537. The number of anilines is 2. The number of para-hydroxylation sites is 1. The number of nitrogens with one attached hydrogen (secondary N) is 2. The molecule has 0 atom stereocenters. The van der Waals surface area contributed by atoms with Crippen LogP contribution in [0.25, 0.3) is 6.08 Å². The van der Waals surface area contributed by atoms with Crippen LogP contribution in [0, 0.1) is 25.2 Å². The zero-order chi connectivity index (χ0) is 23.8. The fourth-order valence-corrected chi connectivity index (χ4v) is 3.06. The molecule has 0 bridgehead atoms. The molecule has 166 valence electrons. The van der Waals surface area contributed by atoms with Gasteiger partial charge in [0.2, 0.25) is 0 Å². The first kappa shape index (κ1) is 23.6. The third-order valence-electron chi connectivity index (χ3n) is 4.71. The number of aryl methyl sites for hydroxylation is 2. The molecular weight excluding hydrogens is 438 g/mol. The second-order valence-corrected chi connectivity index (χ2v) is 7.74. The molecule has 7 heteroatoms. The lowest BCUT2D eigenvalue weighted by molar-refractivity contribution is -0.118. The Balaban J connectivity index is 1.69. The van der Waals surface area contributed by atoms with E-state index in [2.05, 4.69) is 10.6 Å². The summed E-state index contributed by atoms with van der Waals surface area (Å²) in [6.07, 6.45) is 1.43. The second kappa shape index (κ2) is 11.0. The van der Waals surface area contributed by atoms with Crippen molar-refractivity contribution < 1.29 is 14.3 Å². The van der Waals surface area contributed by atoms with Gasteiger partial charge in [0.15, 0.2) is 6.61 Å². The van der Waals surface area contributed by atoms with Crippen LogP contribution >= 0.6 is 11.6 Å². The lowest BCUT2D eigenvalue weighted by Crippen LogP contribution is -2.20. The number of ether oxygens (including phenoxy) is 1. The van der Waals surface area contributed by atoms with Crippen LogP contribution in [0.2, 0.25) is 5.02 Å². The summed E-state index contributed by atoms with van der Waals surface area (Å²) in [7, 11) is 0. The van der Waals surface area contributed by atoms with Gasteiger partial charge >= 0.3 is 0 Å². The summed E-state index contributed by atoms with van der Waals surface area (Å²) < 4.78 is 5.65. The molecule has 2 N–H and O–H groups in total. The Morgan fingerprint density at radius 2 is 1.70 bits per heavy atom. The summed E-state index contributed by atoms with van der Waals surface area (Å²) in [6, 6.07) is 21.2. The SMILES string of the molecule is Cc1ccc(NC(=O)/C(C#N)=C\c2ccccc2OCC(=O)Nc2ccc(C)c(Cl)c2)cc1. The van der Waals surface area contributed by atoms with E-state index in [1.165, 1.54) is 6.08 Å². The Bertz CT molecular complexity index is 1240. The van der Waals surface area contributed by atoms with Crippen molar-refractivity contribution in [1.82, 2.24) is 0 Å². The molecule has 6 nitrogen and oxygen atoms in total. The van der Waals surface area contributed by atoms with Crippen molar-refractivity contribution in [1.29, 1.82) is 5.26 Å². The normalized spacial score (nSPS) is 10.8. The summed E-state index contributed by atoms with van der Waals surface area (Å²) in [4.78, 5) is 24.8. The standard InChI is InChI=1S/C26H22ClN3O3/c1-17-7-10-21(11-8-17)30-26(32)20(15-28)13-19-5-3-4-6-24(19)33-16-25(31)29-22-12-9-18(2)23(27)14-22/h3-14H,16H2,1-2H3,(H,29,31)(H,30,32)/b20-13-. The molecule has 0 saturated carbocycles. The Hall–Kier alpha value is -4.08. The lowest BCUT2D eigenvalue weighted by Gasteiger charge is -2.11. The molecular formula is C26H22ClN3O3. The highest BCUT2D eigenvalue weighted by Gasteiger charge is 2.12. The van der Waals surface area contributed by atoms with Gasteiger partial charge in [0, 0.05) is 22.0 Å². The zero-order valence-electron chi connectivity index (χ0n) is 18.2. The monoisotopic (exact) mass is 459 g/mol. The number of amides is 2. The number of carbonyl (C=O) groups excluding carboxylic acids is 2. The highest BCUT2D eigenvalue weighted by molar-refractivity contribution is 6.31. The van der Waals surface area contributed by atoms with Crippen LogP contribution in [0.3, 0.4) is 0 Å². The van der Waals surface area contributed by atoms with Crippen molar-refractivity contribution >= 4 is 40.9 Å². The van der Waals surface area contributed by atoms with E-state index in [9.17, 15) is 14.9 Å². The number of benzene rings is 3. The van der Waals surface area contributed by atoms with Gasteiger partial charge < -0.3 is 15.4 Å². The van der Waals surface area contributed by atoms with Gasteiger partial charge in [-0.3, -0.25) is 9.59 Å². The fourth-order valence-electron chi connectivity index (χ4n) is 2.88. The minimum absolute atomic E-state index is 0.0922. The molecule has 3 aromatic carbocycles. The zero-order valence-corrected chi connectivity index (χ0v) is 18.9. The average Bonchev–Trinajstić information content (AvgIpc) is 2.80. The molecule has 0 heterocycles. The van der Waals surface area contributed by atoms with Crippen LogP contribution in [-0.4, -0.2) is 18.4 Å². The summed E-state index contributed by atoms with van der Waals surface area (Å²) in [5.41, 5.74) is 3.52. The van der Waals surface area contributed by atoms with Crippen molar-refractivity contribution in [3.8, 4) is 11.8 Å². The first-order valence-electron chi connectivity index (χ1n) is 10.1. The van der Waals surface area contributed by atoms with E-state index < -0.39 is 5.91 Å². The van der Waals surface area contributed by atoms with Gasteiger partial charge in [0.25, 0.3) is 11.8 Å². The number of rotatable bonds is 7. The van der Waals surface area contributed by atoms with E-state index in [1.807, 2.05) is 38.1 Å². The molecule has 3 rings (SSSR count). The second-order valence-electron chi connectivity index (χ2n) is 7.33. The van der Waals surface area contributed by atoms with Gasteiger partial charge in [0.05, 0.1) is 0 Å². The largest absolute Gasteiger partial charge is 0.483 e. The molecule has 0 radical (unpaired) electrons. The van der Waals surface area contributed by atoms with Gasteiger partial charge in [-0.05, 0) is 55.8 Å². The van der Waals surface area contributed by atoms with Crippen molar-refractivity contribution in [2.45, 2.75) is 13.8 Å². The van der Waals surface area contributed by atoms with E-state index in [4.69, 9.17) is 16.3 Å². The van der Waals surface area contributed by atoms with E-state index >= 15 is 0 Å². The maximum absolute atomic E-state index is 12.5. The number of hydrogen-bond acceptors (Lipinski definition) is 4. The van der Waals surface area contributed by atoms with Crippen LogP contribution < -0.4 is 15.4 Å². The van der Waals surface area contributed by atoms with Gasteiger partial charge in [0.1, 0.15) is 17.4 Å². The van der Waals surface area contributed by atoms with Gasteiger partial charge in [-0.2, -0.15) is 5.26 Å². The van der Waals surface area contributed by atoms with Gasteiger partial charge in [-0.1, -0.05) is 53.6 Å². The number of halogens is 1. The number of nitrogens with zero attached hydrogens (tertiary/aromatic N) is 1. The lowest BCUT2D eigenvalue weighted by atomic mass is 10.1. The number of nitriles is 1. The smallest absolute Gasteiger partial charge is 0.266 e. The molecule has 3 aromatic rings. The molecule has 0 unspecified atom stereocenters. The summed E-state index contributed by atoms with van der Waals surface area (Å²) in [6.45, 7) is 3.56. The fraction of sp³-hybridized carbons (Fsp3) is 0.115. The van der Waals surface area contributed by atoms with E-state index in [1.54, 1.807) is 48.5 Å². The molecule has 0 saturated heterocycles. The third-order valence-corrected chi connectivity index (χ3v) is 5.11. The predicted octanol–water partition coefficient (Wildman–Crippen LogP) is 5.52. The van der Waals surface area contributed by atoms with Crippen LogP contribution in [0.5, 0.6) is 5.75 Å². The van der Waals surface area contributed by atoms with Crippen LogP contribution in [0.15, 0.2) is 72.3 Å². The molecule has 0 fully saturated rings. The third kappa shape index (κ3) is 6.70. The van der Waals surface area contributed by atoms with Gasteiger partial charge in [-0.25, -0.2) is 0 Å². The van der Waals surface area contributed by atoms with Crippen molar-refractivity contribution in [3.05, 3.63) is 94.0 Å². The molecule has 2 amide bonds. The Morgan fingerprint density at radius 3 is 2.39 bits per heavy atom. The Kier molecular flexibility index (Phi) is 7.85. The minimum Gasteiger partial charge on any atom is -0.483 e. The van der Waals surface area contributed by atoms with E-state index in [0.29, 0.717) is 27.7 Å². The Morgan fingerprint density at radius 1 is 1.00 bits per heavy atom. The number of carbonyl (C=O) groups is 2. The molecule has 0 spiro atoms. The molecule has 0 aliphatic heterocycles. The average molecular weight is 460 g/mol. The molecule has 33 heavy (non-hydrogen) atoms.